The van der Waals surface area contributed by atoms with Crippen LogP contribution in [0.15, 0.2) is 42.5 Å². The molecular weight excluding hydrogens is 363 g/mol. The summed E-state index contributed by atoms with van der Waals surface area (Å²) in [6.07, 6.45) is 0.694. The Hall–Kier alpha value is -1.93. The van der Waals surface area contributed by atoms with Gasteiger partial charge in [-0.3, -0.25) is 9.80 Å². The summed E-state index contributed by atoms with van der Waals surface area (Å²) in [4.78, 5) is 4.69. The number of aromatic nitrogens is 2. The Bertz CT molecular complexity index is 902. The molecule has 0 saturated carbocycles. The third-order valence-electron chi connectivity index (χ3n) is 5.21. The first-order chi connectivity index (χ1) is 13.2. The molecule has 1 saturated heterocycles. The number of fused-ring (bicyclic) bond motifs is 1. The Labute approximate surface area is 162 Å². The number of aliphatic hydroxyl groups excluding tert-OH is 1. The summed E-state index contributed by atoms with van der Waals surface area (Å²) in [7, 11) is 0. The minimum absolute atomic E-state index is 0.142. The van der Waals surface area contributed by atoms with E-state index in [1.54, 1.807) is 6.07 Å². The second-order valence-corrected chi connectivity index (χ2v) is 7.58. The maximum atomic E-state index is 14.0. The van der Waals surface area contributed by atoms with Crippen LogP contribution < -0.4 is 0 Å². The molecule has 0 radical (unpaired) electrons. The Morgan fingerprint density at radius 1 is 1.07 bits per heavy atom. The molecule has 0 bridgehead atoms. The van der Waals surface area contributed by atoms with Crippen LogP contribution in [-0.2, 0) is 13.1 Å². The molecule has 1 aliphatic heterocycles. The smallest absolute Gasteiger partial charge is 0.127 e. The van der Waals surface area contributed by atoms with E-state index < -0.39 is 0 Å². The van der Waals surface area contributed by atoms with E-state index in [0.717, 1.165) is 42.8 Å². The number of nitrogens with zero attached hydrogens (tertiary/aromatic N) is 4. The summed E-state index contributed by atoms with van der Waals surface area (Å²) < 4.78 is 22.6. The third-order valence-corrected chi connectivity index (χ3v) is 5.76. The van der Waals surface area contributed by atoms with Gasteiger partial charge in [0.15, 0.2) is 0 Å². The average molecular weight is 386 g/mol. The topological polar surface area (TPSA) is 52.5 Å². The van der Waals surface area contributed by atoms with E-state index in [-0.39, 0.29) is 18.5 Å². The molecule has 0 aliphatic carbocycles. The van der Waals surface area contributed by atoms with Crippen molar-refractivity contribution in [2.45, 2.75) is 25.6 Å². The molecule has 0 spiro atoms. The van der Waals surface area contributed by atoms with Gasteiger partial charge in [-0.15, -0.1) is 0 Å². The number of hydrogen-bond donors (Lipinski definition) is 1. The van der Waals surface area contributed by atoms with Gasteiger partial charge in [0, 0.05) is 50.9 Å². The van der Waals surface area contributed by atoms with Crippen LogP contribution in [0, 0.1) is 5.82 Å². The highest BCUT2D eigenvalue weighted by Gasteiger charge is 2.27. The first-order valence-corrected chi connectivity index (χ1v) is 9.98. The molecule has 7 heteroatoms. The SMILES string of the molecule is OCCC1CN(Cc2ccc3nsnc3c2)CCN1Cc1ccccc1F. The van der Waals surface area contributed by atoms with Crippen LogP contribution in [0.1, 0.15) is 17.5 Å². The maximum Gasteiger partial charge on any atom is 0.127 e. The standard InChI is InChI=1S/C20H23FN4OS/c21-18-4-2-1-3-16(18)13-25-9-8-24(14-17(25)7-10-26)12-15-5-6-19-20(11-15)23-27-22-19/h1-6,11,17,26H,7-10,12-14H2. The molecule has 1 aromatic heterocycles. The van der Waals surface area contributed by atoms with Gasteiger partial charge in [-0.1, -0.05) is 24.3 Å². The molecule has 2 heterocycles. The Kier molecular flexibility index (Phi) is 5.73. The number of rotatable bonds is 6. The Balaban J connectivity index is 1.43. The lowest BCUT2D eigenvalue weighted by atomic mass is 10.1. The average Bonchev–Trinajstić information content (AvgIpc) is 3.13. The first-order valence-electron chi connectivity index (χ1n) is 9.25. The summed E-state index contributed by atoms with van der Waals surface area (Å²) >= 11 is 1.24. The summed E-state index contributed by atoms with van der Waals surface area (Å²) in [5, 5.41) is 9.49. The van der Waals surface area contributed by atoms with Crippen molar-refractivity contribution in [3.05, 3.63) is 59.4 Å². The molecule has 1 unspecified atom stereocenters. The summed E-state index contributed by atoms with van der Waals surface area (Å²) in [6, 6.07) is 13.4. The second-order valence-electron chi connectivity index (χ2n) is 7.05. The van der Waals surface area contributed by atoms with E-state index in [9.17, 15) is 9.50 Å². The zero-order valence-electron chi connectivity index (χ0n) is 15.1. The molecule has 1 N–H and O–H groups in total. The normalized spacial score (nSPS) is 19.0. The van der Waals surface area contributed by atoms with Crippen LogP contribution in [0.4, 0.5) is 4.39 Å². The van der Waals surface area contributed by atoms with Crippen LogP contribution in [0.2, 0.25) is 0 Å². The van der Waals surface area contributed by atoms with Gasteiger partial charge in [0.25, 0.3) is 0 Å². The fraction of sp³-hybridized carbons (Fsp3) is 0.400. The van der Waals surface area contributed by atoms with E-state index in [1.807, 2.05) is 18.2 Å². The fourth-order valence-electron chi connectivity index (χ4n) is 3.76. The molecule has 142 valence electrons. The van der Waals surface area contributed by atoms with E-state index >= 15 is 0 Å². The van der Waals surface area contributed by atoms with Gasteiger partial charge in [-0.2, -0.15) is 8.75 Å². The second kappa shape index (κ2) is 8.39. The van der Waals surface area contributed by atoms with Gasteiger partial charge in [-0.05, 0) is 30.2 Å². The van der Waals surface area contributed by atoms with Crippen molar-refractivity contribution in [3.63, 3.8) is 0 Å². The Morgan fingerprint density at radius 3 is 2.78 bits per heavy atom. The van der Waals surface area contributed by atoms with E-state index in [2.05, 4.69) is 30.7 Å². The van der Waals surface area contributed by atoms with Gasteiger partial charge >= 0.3 is 0 Å². The molecule has 1 atom stereocenters. The zero-order chi connectivity index (χ0) is 18.6. The lowest BCUT2D eigenvalue weighted by molar-refractivity contribution is 0.0493. The largest absolute Gasteiger partial charge is 0.396 e. The van der Waals surface area contributed by atoms with Gasteiger partial charge in [0.2, 0.25) is 0 Å². The maximum absolute atomic E-state index is 14.0. The monoisotopic (exact) mass is 386 g/mol. The number of hydrogen-bond acceptors (Lipinski definition) is 6. The van der Waals surface area contributed by atoms with Crippen LogP contribution in [0.3, 0.4) is 0 Å². The number of aliphatic hydroxyl groups is 1. The molecule has 1 fully saturated rings. The van der Waals surface area contributed by atoms with Crippen LogP contribution in [0.25, 0.3) is 11.0 Å². The van der Waals surface area contributed by atoms with Gasteiger partial charge < -0.3 is 5.11 Å². The molecule has 3 aromatic rings. The van der Waals surface area contributed by atoms with Gasteiger partial charge in [0.1, 0.15) is 16.9 Å². The van der Waals surface area contributed by atoms with E-state index in [1.165, 1.54) is 23.4 Å². The fourth-order valence-corrected chi connectivity index (χ4v) is 4.28. The first kappa shape index (κ1) is 18.4. The number of halogens is 1. The summed E-state index contributed by atoms with van der Waals surface area (Å²) in [5.74, 6) is -0.159. The quantitative estimate of drug-likeness (QED) is 0.706. The van der Waals surface area contributed by atoms with Crippen molar-refractivity contribution in [1.82, 2.24) is 18.5 Å². The van der Waals surface area contributed by atoms with Crippen LogP contribution in [0.5, 0.6) is 0 Å². The summed E-state index contributed by atoms with van der Waals surface area (Å²) in [5.41, 5.74) is 3.83. The van der Waals surface area contributed by atoms with Crippen molar-refractivity contribution >= 4 is 22.8 Å². The molecular formula is C20H23FN4OS. The number of piperazine rings is 1. The highest BCUT2D eigenvalue weighted by Crippen LogP contribution is 2.21. The third kappa shape index (κ3) is 4.32. The molecule has 4 rings (SSSR count). The minimum atomic E-state index is -0.159. The molecule has 2 aromatic carbocycles. The Morgan fingerprint density at radius 2 is 1.93 bits per heavy atom. The van der Waals surface area contributed by atoms with Gasteiger partial charge in [-0.25, -0.2) is 4.39 Å². The minimum Gasteiger partial charge on any atom is -0.396 e. The zero-order valence-corrected chi connectivity index (χ0v) is 15.9. The van der Waals surface area contributed by atoms with Gasteiger partial charge in [0.05, 0.1) is 11.7 Å². The van der Waals surface area contributed by atoms with Crippen LogP contribution >= 0.6 is 11.7 Å². The highest BCUT2D eigenvalue weighted by atomic mass is 32.1. The molecule has 1 aliphatic rings. The predicted octanol–water partition coefficient (Wildman–Crippen LogP) is 2.90. The molecule has 0 amide bonds. The predicted molar refractivity (Wildman–Crippen MR) is 105 cm³/mol. The van der Waals surface area contributed by atoms with E-state index in [0.29, 0.717) is 13.0 Å². The summed E-state index contributed by atoms with van der Waals surface area (Å²) in [6.45, 7) is 4.22. The lowest BCUT2D eigenvalue weighted by Gasteiger charge is -2.41. The number of benzene rings is 2. The van der Waals surface area contributed by atoms with Crippen molar-refractivity contribution in [1.29, 1.82) is 0 Å². The van der Waals surface area contributed by atoms with Crippen molar-refractivity contribution in [3.8, 4) is 0 Å². The molecule has 27 heavy (non-hydrogen) atoms. The highest BCUT2D eigenvalue weighted by molar-refractivity contribution is 7.00. The van der Waals surface area contributed by atoms with Crippen molar-refractivity contribution < 1.29 is 9.50 Å². The molecule has 5 nitrogen and oxygen atoms in total. The van der Waals surface area contributed by atoms with E-state index in [4.69, 9.17) is 0 Å². The lowest BCUT2D eigenvalue weighted by Crippen LogP contribution is -2.52. The van der Waals surface area contributed by atoms with Crippen molar-refractivity contribution in [2.24, 2.45) is 0 Å². The van der Waals surface area contributed by atoms with Crippen LogP contribution in [-0.4, -0.2) is 55.9 Å². The van der Waals surface area contributed by atoms with Crippen molar-refractivity contribution in [2.75, 3.05) is 26.2 Å².